The lowest BCUT2D eigenvalue weighted by atomic mass is 10.2. The van der Waals surface area contributed by atoms with Crippen molar-refractivity contribution in [2.24, 2.45) is 0 Å². The molecule has 1 heterocycles. The van der Waals surface area contributed by atoms with Gasteiger partial charge in [0.1, 0.15) is 0 Å². The lowest BCUT2D eigenvalue weighted by molar-refractivity contribution is -0.138. The van der Waals surface area contributed by atoms with E-state index in [9.17, 15) is 14.4 Å². The van der Waals surface area contributed by atoms with Crippen LogP contribution in [0.1, 0.15) is 10.4 Å². The SMILES string of the molecule is C=CC(=O)N(C)CC(=O)N1CCN(C(=O)c2ccc(Cl)c(Cl)c2)CC1. The summed E-state index contributed by atoms with van der Waals surface area (Å²) in [6.07, 6.45) is 1.17. The van der Waals surface area contributed by atoms with Crippen LogP contribution in [0.3, 0.4) is 0 Å². The van der Waals surface area contributed by atoms with Crippen molar-refractivity contribution in [3.8, 4) is 0 Å². The molecule has 0 bridgehead atoms. The highest BCUT2D eigenvalue weighted by molar-refractivity contribution is 6.42. The number of likely N-dealkylation sites (N-methyl/N-ethyl adjacent to an activating group) is 1. The predicted octanol–water partition coefficient (Wildman–Crippen LogP) is 1.92. The quantitative estimate of drug-likeness (QED) is 0.746. The first-order valence-electron chi connectivity index (χ1n) is 7.73. The summed E-state index contributed by atoms with van der Waals surface area (Å²) in [7, 11) is 1.55. The molecule has 8 heteroatoms. The third kappa shape index (κ3) is 4.74. The largest absolute Gasteiger partial charge is 0.338 e. The molecule has 1 aliphatic heterocycles. The van der Waals surface area contributed by atoms with Crippen molar-refractivity contribution >= 4 is 40.9 Å². The van der Waals surface area contributed by atoms with Gasteiger partial charge in [0.05, 0.1) is 16.6 Å². The standard InChI is InChI=1S/C17H19Cl2N3O3/c1-3-15(23)20(2)11-16(24)21-6-8-22(9-7-21)17(25)12-4-5-13(18)14(19)10-12/h3-5,10H,1,6-9,11H2,2H3. The summed E-state index contributed by atoms with van der Waals surface area (Å²) in [4.78, 5) is 40.8. The molecule has 1 saturated heterocycles. The van der Waals surface area contributed by atoms with Crippen molar-refractivity contribution in [1.29, 1.82) is 0 Å². The van der Waals surface area contributed by atoms with Crippen molar-refractivity contribution in [2.45, 2.75) is 0 Å². The van der Waals surface area contributed by atoms with E-state index in [0.717, 1.165) is 0 Å². The zero-order valence-electron chi connectivity index (χ0n) is 13.9. The van der Waals surface area contributed by atoms with Gasteiger partial charge in [0.2, 0.25) is 11.8 Å². The molecule has 134 valence electrons. The van der Waals surface area contributed by atoms with Gasteiger partial charge in [0.25, 0.3) is 5.91 Å². The fraction of sp³-hybridized carbons (Fsp3) is 0.353. The summed E-state index contributed by atoms with van der Waals surface area (Å²) >= 11 is 11.8. The molecular formula is C17H19Cl2N3O3. The molecule has 3 amide bonds. The van der Waals surface area contributed by atoms with Crippen LogP contribution in [-0.2, 0) is 9.59 Å². The Hall–Kier alpha value is -2.05. The summed E-state index contributed by atoms with van der Waals surface area (Å²) in [5, 5.41) is 0.725. The number of hydrogen-bond acceptors (Lipinski definition) is 3. The van der Waals surface area contributed by atoms with Gasteiger partial charge in [-0.15, -0.1) is 0 Å². The van der Waals surface area contributed by atoms with Gasteiger partial charge < -0.3 is 14.7 Å². The third-order valence-corrected chi connectivity index (χ3v) is 4.75. The van der Waals surface area contributed by atoms with Crippen molar-refractivity contribution in [2.75, 3.05) is 39.8 Å². The Bertz CT molecular complexity index is 700. The summed E-state index contributed by atoms with van der Waals surface area (Å²) in [6, 6.07) is 4.76. The van der Waals surface area contributed by atoms with Crippen LogP contribution in [0.5, 0.6) is 0 Å². The van der Waals surface area contributed by atoms with E-state index in [1.54, 1.807) is 35.0 Å². The van der Waals surface area contributed by atoms with Crippen LogP contribution in [0, 0.1) is 0 Å². The molecule has 0 radical (unpaired) electrons. The molecule has 0 aliphatic carbocycles. The smallest absolute Gasteiger partial charge is 0.254 e. The average molecular weight is 384 g/mol. The lowest BCUT2D eigenvalue weighted by Crippen LogP contribution is -2.52. The van der Waals surface area contributed by atoms with Crippen LogP contribution in [0.2, 0.25) is 10.0 Å². The number of nitrogens with zero attached hydrogens (tertiary/aromatic N) is 3. The Morgan fingerprint density at radius 2 is 1.72 bits per heavy atom. The van der Waals surface area contributed by atoms with E-state index in [4.69, 9.17) is 23.2 Å². The normalized spacial score (nSPS) is 14.2. The molecule has 0 aromatic heterocycles. The topological polar surface area (TPSA) is 60.9 Å². The van der Waals surface area contributed by atoms with E-state index in [-0.39, 0.29) is 24.3 Å². The molecule has 25 heavy (non-hydrogen) atoms. The number of rotatable bonds is 4. The van der Waals surface area contributed by atoms with E-state index < -0.39 is 0 Å². The highest BCUT2D eigenvalue weighted by Crippen LogP contribution is 2.23. The molecule has 1 fully saturated rings. The second-order valence-corrected chi connectivity index (χ2v) is 6.51. The van der Waals surface area contributed by atoms with Gasteiger partial charge in [-0.1, -0.05) is 29.8 Å². The minimum absolute atomic E-state index is 0.00834. The Morgan fingerprint density at radius 3 is 2.28 bits per heavy atom. The summed E-state index contributed by atoms with van der Waals surface area (Å²) in [5.74, 6) is -0.606. The zero-order chi connectivity index (χ0) is 18.6. The average Bonchev–Trinajstić information content (AvgIpc) is 2.62. The molecule has 0 spiro atoms. The fourth-order valence-corrected chi connectivity index (χ4v) is 2.81. The maximum atomic E-state index is 12.5. The zero-order valence-corrected chi connectivity index (χ0v) is 15.4. The van der Waals surface area contributed by atoms with Crippen molar-refractivity contribution in [3.63, 3.8) is 0 Å². The van der Waals surface area contributed by atoms with Crippen molar-refractivity contribution in [1.82, 2.24) is 14.7 Å². The van der Waals surface area contributed by atoms with Crippen LogP contribution in [0.15, 0.2) is 30.9 Å². The van der Waals surface area contributed by atoms with Crippen LogP contribution in [0.25, 0.3) is 0 Å². The Kier molecular flexibility index (Phi) is 6.45. The Labute approximate surface area is 156 Å². The number of benzene rings is 1. The maximum absolute atomic E-state index is 12.5. The molecule has 1 aromatic carbocycles. The minimum atomic E-state index is -0.304. The number of carbonyl (C=O) groups excluding carboxylic acids is 3. The van der Waals surface area contributed by atoms with Gasteiger partial charge in [-0.05, 0) is 24.3 Å². The number of hydrogen-bond donors (Lipinski definition) is 0. The van der Waals surface area contributed by atoms with E-state index in [2.05, 4.69) is 6.58 Å². The van der Waals surface area contributed by atoms with Crippen LogP contribution in [-0.4, -0.2) is 72.2 Å². The van der Waals surface area contributed by atoms with Crippen LogP contribution < -0.4 is 0 Å². The first-order chi connectivity index (χ1) is 11.8. The van der Waals surface area contributed by atoms with Gasteiger partial charge >= 0.3 is 0 Å². The van der Waals surface area contributed by atoms with Gasteiger partial charge in [0, 0.05) is 38.8 Å². The third-order valence-electron chi connectivity index (χ3n) is 4.01. The maximum Gasteiger partial charge on any atom is 0.254 e. The molecule has 0 atom stereocenters. The van der Waals surface area contributed by atoms with Gasteiger partial charge in [-0.2, -0.15) is 0 Å². The van der Waals surface area contributed by atoms with E-state index in [1.165, 1.54) is 11.0 Å². The number of amides is 3. The molecular weight excluding hydrogens is 365 g/mol. The molecule has 0 saturated carbocycles. The molecule has 1 aliphatic rings. The summed E-state index contributed by atoms with van der Waals surface area (Å²) in [5.41, 5.74) is 0.463. The highest BCUT2D eigenvalue weighted by Gasteiger charge is 2.26. The van der Waals surface area contributed by atoms with Crippen molar-refractivity contribution < 1.29 is 14.4 Å². The van der Waals surface area contributed by atoms with Crippen LogP contribution in [0.4, 0.5) is 0 Å². The van der Waals surface area contributed by atoms with Gasteiger partial charge in [-0.3, -0.25) is 14.4 Å². The second-order valence-electron chi connectivity index (χ2n) is 5.70. The predicted molar refractivity (Wildman–Crippen MR) is 96.8 cm³/mol. The first kappa shape index (κ1) is 19.3. The Morgan fingerprint density at radius 1 is 1.12 bits per heavy atom. The van der Waals surface area contributed by atoms with E-state index >= 15 is 0 Å². The number of halogens is 2. The Balaban J connectivity index is 1.91. The van der Waals surface area contributed by atoms with Crippen LogP contribution >= 0.6 is 23.2 Å². The fourth-order valence-electron chi connectivity index (χ4n) is 2.51. The lowest BCUT2D eigenvalue weighted by Gasteiger charge is -2.35. The number of piperazine rings is 1. The van der Waals surface area contributed by atoms with E-state index in [1.807, 2.05) is 0 Å². The second kappa shape index (κ2) is 8.36. The van der Waals surface area contributed by atoms with Gasteiger partial charge in [-0.25, -0.2) is 0 Å². The molecule has 0 unspecified atom stereocenters. The molecule has 2 rings (SSSR count). The number of carbonyl (C=O) groups is 3. The summed E-state index contributed by atoms with van der Waals surface area (Å²) < 4.78 is 0. The monoisotopic (exact) mass is 383 g/mol. The first-order valence-corrected chi connectivity index (χ1v) is 8.48. The molecule has 1 aromatic rings. The van der Waals surface area contributed by atoms with Gasteiger partial charge in [0.15, 0.2) is 0 Å². The van der Waals surface area contributed by atoms with Crippen molar-refractivity contribution in [3.05, 3.63) is 46.5 Å². The van der Waals surface area contributed by atoms with E-state index in [0.29, 0.717) is 41.8 Å². The highest BCUT2D eigenvalue weighted by atomic mass is 35.5. The minimum Gasteiger partial charge on any atom is -0.338 e. The summed E-state index contributed by atoms with van der Waals surface area (Å²) in [6.45, 7) is 5.06. The molecule has 0 N–H and O–H groups in total. The molecule has 6 nitrogen and oxygen atoms in total.